The molecular formula is C10H17NSi. The van der Waals surface area contributed by atoms with E-state index < -0.39 is 8.07 Å². The van der Waals surface area contributed by atoms with Gasteiger partial charge in [0.2, 0.25) is 0 Å². The predicted octanol–water partition coefficient (Wildman–Crippen LogP) is 2.12. The number of aryl methyl sites for hydroxylation is 1. The normalized spacial score (nSPS) is 11.7. The number of anilines is 1. The third kappa shape index (κ3) is 1.88. The number of rotatable bonds is 1. The van der Waals surface area contributed by atoms with E-state index in [0.717, 1.165) is 5.69 Å². The molecule has 0 aliphatic carbocycles. The van der Waals surface area contributed by atoms with Crippen LogP contribution >= 0.6 is 0 Å². The molecule has 0 aliphatic heterocycles. The maximum absolute atomic E-state index is 5.94. The van der Waals surface area contributed by atoms with Crippen LogP contribution in [-0.4, -0.2) is 8.07 Å². The zero-order valence-corrected chi connectivity index (χ0v) is 9.31. The van der Waals surface area contributed by atoms with E-state index in [1.165, 1.54) is 10.8 Å². The summed E-state index contributed by atoms with van der Waals surface area (Å²) in [6.07, 6.45) is 0. The second-order valence-corrected chi connectivity index (χ2v) is 9.38. The molecule has 2 N–H and O–H groups in total. The Labute approximate surface area is 75.6 Å². The van der Waals surface area contributed by atoms with Gasteiger partial charge in [0.05, 0.1) is 8.07 Å². The third-order valence-corrected chi connectivity index (χ3v) is 4.09. The van der Waals surface area contributed by atoms with E-state index in [-0.39, 0.29) is 0 Å². The van der Waals surface area contributed by atoms with Crippen LogP contribution in [0.25, 0.3) is 0 Å². The zero-order valence-electron chi connectivity index (χ0n) is 8.31. The van der Waals surface area contributed by atoms with Crippen LogP contribution in [0, 0.1) is 6.92 Å². The van der Waals surface area contributed by atoms with Crippen LogP contribution < -0.4 is 10.9 Å². The van der Waals surface area contributed by atoms with Gasteiger partial charge in [-0.2, -0.15) is 0 Å². The molecule has 0 heterocycles. The van der Waals surface area contributed by atoms with E-state index in [1.807, 2.05) is 0 Å². The van der Waals surface area contributed by atoms with Crippen molar-refractivity contribution >= 4 is 18.9 Å². The fourth-order valence-corrected chi connectivity index (χ4v) is 2.89. The van der Waals surface area contributed by atoms with E-state index in [2.05, 4.69) is 44.8 Å². The van der Waals surface area contributed by atoms with Gasteiger partial charge in [-0.1, -0.05) is 31.8 Å². The van der Waals surface area contributed by atoms with Crippen LogP contribution in [-0.2, 0) is 0 Å². The van der Waals surface area contributed by atoms with Crippen molar-refractivity contribution in [3.05, 3.63) is 23.8 Å². The maximum atomic E-state index is 5.94. The minimum atomic E-state index is -1.23. The van der Waals surface area contributed by atoms with Gasteiger partial charge in [-0.25, -0.2) is 0 Å². The summed E-state index contributed by atoms with van der Waals surface area (Å²) in [6.45, 7) is 9.01. The molecule has 66 valence electrons. The molecule has 1 rings (SSSR count). The molecule has 12 heavy (non-hydrogen) atoms. The van der Waals surface area contributed by atoms with Gasteiger partial charge in [-0.05, 0) is 23.7 Å². The van der Waals surface area contributed by atoms with Crippen molar-refractivity contribution in [2.45, 2.75) is 26.6 Å². The molecule has 0 radical (unpaired) electrons. The van der Waals surface area contributed by atoms with Crippen molar-refractivity contribution < 1.29 is 0 Å². The van der Waals surface area contributed by atoms with Gasteiger partial charge < -0.3 is 5.73 Å². The summed E-state index contributed by atoms with van der Waals surface area (Å²) in [5.74, 6) is 0. The molecule has 0 spiro atoms. The molecular weight excluding hydrogens is 162 g/mol. The maximum Gasteiger partial charge on any atom is 0.0802 e. The van der Waals surface area contributed by atoms with Gasteiger partial charge in [0.25, 0.3) is 0 Å². The van der Waals surface area contributed by atoms with Crippen LogP contribution in [0.2, 0.25) is 19.6 Å². The summed E-state index contributed by atoms with van der Waals surface area (Å²) < 4.78 is 0. The highest BCUT2D eigenvalue weighted by Gasteiger charge is 2.18. The van der Waals surface area contributed by atoms with Crippen molar-refractivity contribution in [2.75, 3.05) is 5.73 Å². The summed E-state index contributed by atoms with van der Waals surface area (Å²) in [5.41, 5.74) is 8.15. The Balaban J connectivity index is 3.19. The first-order valence-corrected chi connectivity index (χ1v) is 7.78. The molecule has 1 aromatic rings. The molecule has 2 heteroatoms. The van der Waals surface area contributed by atoms with Crippen molar-refractivity contribution in [3.63, 3.8) is 0 Å². The van der Waals surface area contributed by atoms with Crippen molar-refractivity contribution in [1.82, 2.24) is 0 Å². The lowest BCUT2D eigenvalue weighted by molar-refractivity contribution is 1.48. The number of nitrogens with two attached hydrogens (primary N) is 1. The molecule has 0 aromatic heterocycles. The van der Waals surface area contributed by atoms with Crippen molar-refractivity contribution in [3.8, 4) is 0 Å². The Kier molecular flexibility index (Phi) is 2.28. The monoisotopic (exact) mass is 179 g/mol. The highest BCUT2D eigenvalue weighted by Crippen LogP contribution is 2.10. The molecule has 1 nitrogen and oxygen atoms in total. The zero-order chi connectivity index (χ0) is 9.35. The van der Waals surface area contributed by atoms with Crippen LogP contribution in [0.15, 0.2) is 18.2 Å². The molecule has 0 unspecified atom stereocenters. The average molecular weight is 179 g/mol. The Hall–Kier alpha value is -0.763. The molecule has 0 saturated heterocycles. The largest absolute Gasteiger partial charge is 0.399 e. The minimum Gasteiger partial charge on any atom is -0.399 e. The van der Waals surface area contributed by atoms with E-state index in [4.69, 9.17) is 5.73 Å². The predicted molar refractivity (Wildman–Crippen MR) is 58.6 cm³/mol. The van der Waals surface area contributed by atoms with Crippen LogP contribution in [0.1, 0.15) is 5.56 Å². The Morgan fingerprint density at radius 1 is 1.17 bits per heavy atom. The first kappa shape index (κ1) is 9.33. The summed E-state index contributed by atoms with van der Waals surface area (Å²) >= 11 is 0. The van der Waals surface area contributed by atoms with E-state index in [0.29, 0.717) is 0 Å². The number of hydrogen-bond acceptors (Lipinski definition) is 1. The van der Waals surface area contributed by atoms with Crippen LogP contribution in [0.4, 0.5) is 5.69 Å². The van der Waals surface area contributed by atoms with Gasteiger partial charge in [-0.3, -0.25) is 0 Å². The molecule has 0 saturated carbocycles. The van der Waals surface area contributed by atoms with Crippen molar-refractivity contribution in [1.29, 1.82) is 0 Å². The van der Waals surface area contributed by atoms with E-state index in [1.54, 1.807) is 0 Å². The van der Waals surface area contributed by atoms with Gasteiger partial charge >= 0.3 is 0 Å². The number of nitrogen functional groups attached to an aromatic ring is 1. The molecule has 0 aliphatic rings. The summed E-state index contributed by atoms with van der Waals surface area (Å²) in [7, 11) is -1.23. The summed E-state index contributed by atoms with van der Waals surface area (Å²) in [4.78, 5) is 0. The van der Waals surface area contributed by atoms with Crippen molar-refractivity contribution in [2.24, 2.45) is 0 Å². The standard InChI is InChI=1S/C10H17NSi/c1-8-5-6-10(9(11)7-8)12(2,3)4/h5-7H,11H2,1-4H3. The molecule has 0 amide bonds. The lowest BCUT2D eigenvalue weighted by Crippen LogP contribution is -2.39. The lowest BCUT2D eigenvalue weighted by atomic mass is 10.2. The van der Waals surface area contributed by atoms with E-state index in [9.17, 15) is 0 Å². The fraction of sp³-hybridized carbons (Fsp3) is 0.400. The Morgan fingerprint density at radius 3 is 2.17 bits per heavy atom. The molecule has 0 fully saturated rings. The van der Waals surface area contributed by atoms with Gasteiger partial charge in [0.1, 0.15) is 0 Å². The quantitative estimate of drug-likeness (QED) is 0.518. The fourth-order valence-electron chi connectivity index (χ4n) is 1.37. The molecule has 0 atom stereocenters. The van der Waals surface area contributed by atoms with Gasteiger partial charge in [0.15, 0.2) is 0 Å². The Bertz CT molecular complexity index is 286. The number of benzene rings is 1. The minimum absolute atomic E-state index is 0.967. The SMILES string of the molecule is Cc1ccc([Si](C)(C)C)c(N)c1. The molecule has 0 bridgehead atoms. The summed E-state index contributed by atoms with van der Waals surface area (Å²) in [6, 6.07) is 6.38. The third-order valence-electron chi connectivity index (χ3n) is 2.02. The van der Waals surface area contributed by atoms with Crippen LogP contribution in [0.3, 0.4) is 0 Å². The van der Waals surface area contributed by atoms with Crippen LogP contribution in [0.5, 0.6) is 0 Å². The highest BCUT2D eigenvalue weighted by molar-refractivity contribution is 6.89. The highest BCUT2D eigenvalue weighted by atomic mass is 28.3. The Morgan fingerprint density at radius 2 is 1.75 bits per heavy atom. The number of hydrogen-bond donors (Lipinski definition) is 1. The summed E-state index contributed by atoms with van der Waals surface area (Å²) in [5, 5.41) is 1.37. The van der Waals surface area contributed by atoms with E-state index >= 15 is 0 Å². The second-order valence-electron chi connectivity index (χ2n) is 4.34. The first-order chi connectivity index (χ1) is 5.41. The topological polar surface area (TPSA) is 26.0 Å². The van der Waals surface area contributed by atoms with Gasteiger partial charge in [0, 0.05) is 5.69 Å². The second kappa shape index (κ2) is 2.94. The lowest BCUT2D eigenvalue weighted by Gasteiger charge is -2.19. The molecule has 1 aromatic carbocycles. The van der Waals surface area contributed by atoms with Gasteiger partial charge in [-0.15, -0.1) is 0 Å². The first-order valence-electron chi connectivity index (χ1n) is 4.28. The average Bonchev–Trinajstić information content (AvgIpc) is 1.83. The smallest absolute Gasteiger partial charge is 0.0802 e.